The highest BCUT2D eigenvalue weighted by atomic mass is 32.1. The Balaban J connectivity index is 1.67. The van der Waals surface area contributed by atoms with E-state index in [1.807, 2.05) is 25.1 Å². The van der Waals surface area contributed by atoms with Gasteiger partial charge < -0.3 is 4.98 Å². The number of hydrogen-bond donors (Lipinski definition) is 2. The minimum absolute atomic E-state index is 0.0395. The summed E-state index contributed by atoms with van der Waals surface area (Å²) in [6.07, 6.45) is 1.02. The SMILES string of the molecule is CCc1ccc([C@@H](N[C@H](C)c2nc3ccccc3c(=O)[nH]2)c2cccs2)cc1. The van der Waals surface area contributed by atoms with E-state index in [0.29, 0.717) is 11.2 Å². The van der Waals surface area contributed by atoms with Gasteiger partial charge >= 0.3 is 0 Å². The number of aromatic amines is 1. The molecular weight excluding hydrogens is 366 g/mol. The van der Waals surface area contributed by atoms with E-state index in [0.717, 1.165) is 11.9 Å². The monoisotopic (exact) mass is 389 g/mol. The molecule has 0 bridgehead atoms. The Bertz CT molecular complexity index is 1120. The molecule has 2 atom stereocenters. The number of thiophene rings is 1. The second-order valence-corrected chi connectivity index (χ2v) is 7.88. The minimum Gasteiger partial charge on any atom is -0.309 e. The number of fused-ring (bicyclic) bond motifs is 1. The molecule has 0 saturated carbocycles. The maximum absolute atomic E-state index is 12.4. The molecule has 0 amide bonds. The van der Waals surface area contributed by atoms with Gasteiger partial charge in [-0.3, -0.25) is 10.1 Å². The summed E-state index contributed by atoms with van der Waals surface area (Å²) in [5.74, 6) is 0.649. The van der Waals surface area contributed by atoms with E-state index in [1.165, 1.54) is 16.0 Å². The lowest BCUT2D eigenvalue weighted by Crippen LogP contribution is -2.28. The molecule has 2 aromatic heterocycles. The van der Waals surface area contributed by atoms with Crippen molar-refractivity contribution in [1.82, 2.24) is 15.3 Å². The first-order valence-corrected chi connectivity index (χ1v) is 10.4. The van der Waals surface area contributed by atoms with E-state index in [4.69, 9.17) is 0 Å². The Kier molecular flexibility index (Phi) is 5.37. The molecule has 142 valence electrons. The second kappa shape index (κ2) is 8.09. The fourth-order valence-corrected chi connectivity index (χ4v) is 4.19. The lowest BCUT2D eigenvalue weighted by atomic mass is 10.0. The lowest BCUT2D eigenvalue weighted by Gasteiger charge is -2.23. The Morgan fingerprint density at radius 1 is 1.07 bits per heavy atom. The molecule has 4 aromatic rings. The van der Waals surface area contributed by atoms with Crippen molar-refractivity contribution < 1.29 is 0 Å². The quantitative estimate of drug-likeness (QED) is 0.489. The predicted molar refractivity (Wildman–Crippen MR) is 116 cm³/mol. The van der Waals surface area contributed by atoms with Crippen LogP contribution in [0.4, 0.5) is 0 Å². The number of aromatic nitrogens is 2. The van der Waals surface area contributed by atoms with Crippen molar-refractivity contribution in [2.75, 3.05) is 0 Å². The third-order valence-electron chi connectivity index (χ3n) is 5.01. The van der Waals surface area contributed by atoms with Crippen LogP contribution in [0.5, 0.6) is 0 Å². The van der Waals surface area contributed by atoms with Gasteiger partial charge in [0.25, 0.3) is 5.56 Å². The van der Waals surface area contributed by atoms with E-state index in [9.17, 15) is 4.79 Å². The average molecular weight is 390 g/mol. The third-order valence-corrected chi connectivity index (χ3v) is 5.94. The van der Waals surface area contributed by atoms with Crippen LogP contribution in [-0.4, -0.2) is 9.97 Å². The Labute approximate surface area is 168 Å². The van der Waals surface area contributed by atoms with Crippen molar-refractivity contribution in [3.63, 3.8) is 0 Å². The molecule has 0 spiro atoms. The van der Waals surface area contributed by atoms with Crippen molar-refractivity contribution in [3.05, 3.63) is 98.2 Å². The number of benzene rings is 2. The maximum Gasteiger partial charge on any atom is 0.258 e. The van der Waals surface area contributed by atoms with E-state index < -0.39 is 0 Å². The molecule has 28 heavy (non-hydrogen) atoms. The number of hydrogen-bond acceptors (Lipinski definition) is 4. The summed E-state index contributed by atoms with van der Waals surface area (Å²) in [5.41, 5.74) is 3.14. The van der Waals surface area contributed by atoms with Crippen LogP contribution < -0.4 is 10.9 Å². The normalized spacial score (nSPS) is 13.5. The topological polar surface area (TPSA) is 57.8 Å². The van der Waals surface area contributed by atoms with Crippen LogP contribution in [0, 0.1) is 0 Å². The van der Waals surface area contributed by atoms with Crippen LogP contribution in [-0.2, 0) is 6.42 Å². The van der Waals surface area contributed by atoms with Crippen LogP contribution in [0.2, 0.25) is 0 Å². The van der Waals surface area contributed by atoms with Gasteiger partial charge in [0.05, 0.1) is 23.0 Å². The Hall–Kier alpha value is -2.76. The fraction of sp³-hybridized carbons (Fsp3) is 0.217. The van der Waals surface area contributed by atoms with Gasteiger partial charge in [-0.05, 0) is 48.1 Å². The first-order valence-electron chi connectivity index (χ1n) is 9.53. The molecule has 0 aliphatic rings. The predicted octanol–water partition coefficient (Wildman–Crippen LogP) is 4.99. The Morgan fingerprint density at radius 3 is 2.57 bits per heavy atom. The highest BCUT2D eigenvalue weighted by Crippen LogP contribution is 2.29. The van der Waals surface area contributed by atoms with Crippen LogP contribution in [0.1, 0.15) is 47.8 Å². The second-order valence-electron chi connectivity index (χ2n) is 6.90. The summed E-state index contributed by atoms with van der Waals surface area (Å²) in [6, 6.07) is 20.3. The highest BCUT2D eigenvalue weighted by molar-refractivity contribution is 7.10. The van der Waals surface area contributed by atoms with Crippen LogP contribution in [0.15, 0.2) is 70.8 Å². The Morgan fingerprint density at radius 2 is 1.86 bits per heavy atom. The number of aryl methyl sites for hydroxylation is 1. The molecule has 0 aliphatic carbocycles. The summed E-state index contributed by atoms with van der Waals surface area (Å²) in [6.45, 7) is 4.20. The zero-order valence-corrected chi connectivity index (χ0v) is 16.8. The lowest BCUT2D eigenvalue weighted by molar-refractivity contribution is 0.500. The molecule has 0 saturated heterocycles. The fourth-order valence-electron chi connectivity index (χ4n) is 3.38. The molecule has 2 N–H and O–H groups in total. The van der Waals surface area contributed by atoms with E-state index in [-0.39, 0.29) is 17.6 Å². The number of nitrogens with zero attached hydrogens (tertiary/aromatic N) is 1. The molecular formula is C23H23N3OS. The number of rotatable bonds is 6. The van der Waals surface area contributed by atoms with Crippen molar-refractivity contribution in [3.8, 4) is 0 Å². The van der Waals surface area contributed by atoms with Gasteiger partial charge in [-0.2, -0.15) is 0 Å². The number of para-hydroxylation sites is 1. The largest absolute Gasteiger partial charge is 0.309 e. The zero-order chi connectivity index (χ0) is 19.5. The van der Waals surface area contributed by atoms with E-state index >= 15 is 0 Å². The third kappa shape index (κ3) is 3.77. The summed E-state index contributed by atoms with van der Waals surface area (Å²) in [4.78, 5) is 21.3. The van der Waals surface area contributed by atoms with E-state index in [1.54, 1.807) is 17.4 Å². The molecule has 2 heterocycles. The van der Waals surface area contributed by atoms with Crippen molar-refractivity contribution >= 4 is 22.2 Å². The van der Waals surface area contributed by atoms with Gasteiger partial charge in [0.15, 0.2) is 0 Å². The molecule has 4 rings (SSSR count). The molecule has 0 unspecified atom stereocenters. The number of nitrogens with one attached hydrogen (secondary N) is 2. The van der Waals surface area contributed by atoms with Gasteiger partial charge in [0.1, 0.15) is 5.82 Å². The van der Waals surface area contributed by atoms with Crippen molar-refractivity contribution in [2.45, 2.75) is 32.4 Å². The number of H-pyrrole nitrogens is 1. The molecule has 2 aromatic carbocycles. The highest BCUT2D eigenvalue weighted by Gasteiger charge is 2.20. The standard InChI is InChI=1S/C23H23N3OS/c1-3-16-10-12-17(13-11-16)21(20-9-6-14-28-20)24-15(2)22-25-19-8-5-4-7-18(19)23(27)26-22/h4-15,21,24H,3H2,1-2H3,(H,25,26,27)/t15-,21-/m1/s1. The molecule has 0 radical (unpaired) electrons. The first kappa shape index (κ1) is 18.6. The smallest absolute Gasteiger partial charge is 0.258 e. The molecule has 0 fully saturated rings. The summed E-state index contributed by atoms with van der Waals surface area (Å²) < 4.78 is 0. The maximum atomic E-state index is 12.4. The van der Waals surface area contributed by atoms with Gasteiger partial charge in [0.2, 0.25) is 0 Å². The van der Waals surface area contributed by atoms with Gasteiger partial charge in [-0.25, -0.2) is 4.98 Å². The van der Waals surface area contributed by atoms with Crippen LogP contribution in [0.3, 0.4) is 0 Å². The van der Waals surface area contributed by atoms with E-state index in [2.05, 4.69) is 64.0 Å². The first-order chi connectivity index (χ1) is 13.7. The minimum atomic E-state index is -0.116. The van der Waals surface area contributed by atoms with Crippen molar-refractivity contribution in [2.24, 2.45) is 0 Å². The molecule has 0 aliphatic heterocycles. The summed E-state index contributed by atoms with van der Waals surface area (Å²) in [5, 5.41) is 6.36. The van der Waals surface area contributed by atoms with Crippen LogP contribution >= 0.6 is 11.3 Å². The van der Waals surface area contributed by atoms with Gasteiger partial charge in [-0.1, -0.05) is 49.4 Å². The summed E-state index contributed by atoms with van der Waals surface area (Å²) >= 11 is 1.72. The van der Waals surface area contributed by atoms with Gasteiger partial charge in [0, 0.05) is 4.88 Å². The van der Waals surface area contributed by atoms with Crippen molar-refractivity contribution in [1.29, 1.82) is 0 Å². The zero-order valence-electron chi connectivity index (χ0n) is 16.0. The summed E-state index contributed by atoms with van der Waals surface area (Å²) in [7, 11) is 0. The van der Waals surface area contributed by atoms with Crippen LogP contribution in [0.25, 0.3) is 10.9 Å². The molecule has 4 nitrogen and oxygen atoms in total. The van der Waals surface area contributed by atoms with Gasteiger partial charge in [-0.15, -0.1) is 11.3 Å². The average Bonchev–Trinajstić information content (AvgIpc) is 3.26. The molecule has 5 heteroatoms.